The normalized spacial score (nSPS) is 14.0. The van der Waals surface area contributed by atoms with Crippen molar-refractivity contribution in [2.45, 2.75) is 6.54 Å². The smallest absolute Gasteiger partial charge is 0.232 e. The molecule has 0 saturated heterocycles. The molecule has 0 fully saturated rings. The summed E-state index contributed by atoms with van der Waals surface area (Å²) in [4.78, 5) is 0. The fraction of sp³-hybridized carbons (Fsp3) is 0.125. The van der Waals surface area contributed by atoms with E-state index in [1.807, 2.05) is 30.4 Å². The lowest BCUT2D eigenvalue weighted by Crippen LogP contribution is -2.30. The summed E-state index contributed by atoms with van der Waals surface area (Å²) in [6.45, 7) is 0.292. The van der Waals surface area contributed by atoms with E-state index >= 15 is 0 Å². The van der Waals surface area contributed by atoms with Crippen LogP contribution < -0.4 is 4.31 Å². The predicted molar refractivity (Wildman–Crippen MR) is 95.5 cm³/mol. The number of fused-ring (bicyclic) bond motifs is 2. The molecule has 0 aliphatic carbocycles. The first kappa shape index (κ1) is 15.6. The second-order valence-corrected chi connectivity index (χ2v) is 8.41. The van der Waals surface area contributed by atoms with E-state index in [9.17, 15) is 8.42 Å². The van der Waals surface area contributed by atoms with Crippen molar-refractivity contribution in [1.29, 1.82) is 0 Å². The molecular formula is C16H13BrClNO2S. The van der Waals surface area contributed by atoms with Gasteiger partial charge in [-0.25, -0.2) is 8.42 Å². The van der Waals surface area contributed by atoms with Crippen LogP contribution in [0.3, 0.4) is 0 Å². The number of rotatable bonds is 1. The summed E-state index contributed by atoms with van der Waals surface area (Å²) < 4.78 is 26.8. The van der Waals surface area contributed by atoms with Crippen LogP contribution in [0.2, 0.25) is 5.02 Å². The summed E-state index contributed by atoms with van der Waals surface area (Å²) in [5.74, 6) is 0. The van der Waals surface area contributed by atoms with Gasteiger partial charge in [0.1, 0.15) is 0 Å². The molecule has 1 heterocycles. The van der Waals surface area contributed by atoms with E-state index in [1.54, 1.807) is 18.2 Å². The second kappa shape index (κ2) is 5.72. The number of halogens is 2. The quantitative estimate of drug-likeness (QED) is 0.706. The Morgan fingerprint density at radius 1 is 1.09 bits per heavy atom. The highest BCUT2D eigenvalue weighted by Gasteiger charge is 2.22. The molecule has 114 valence electrons. The Balaban J connectivity index is 2.26. The molecule has 3 nitrogen and oxygen atoms in total. The van der Waals surface area contributed by atoms with Gasteiger partial charge in [0.25, 0.3) is 0 Å². The van der Waals surface area contributed by atoms with E-state index in [2.05, 4.69) is 15.9 Å². The van der Waals surface area contributed by atoms with Gasteiger partial charge in [-0.15, -0.1) is 0 Å². The minimum Gasteiger partial charge on any atom is -0.265 e. The van der Waals surface area contributed by atoms with Crippen molar-refractivity contribution in [2.75, 3.05) is 10.6 Å². The van der Waals surface area contributed by atoms with Crippen molar-refractivity contribution in [3.05, 3.63) is 62.6 Å². The van der Waals surface area contributed by atoms with E-state index < -0.39 is 10.0 Å². The van der Waals surface area contributed by atoms with Crippen LogP contribution in [-0.4, -0.2) is 14.7 Å². The molecule has 0 unspecified atom stereocenters. The van der Waals surface area contributed by atoms with Gasteiger partial charge in [0.2, 0.25) is 10.0 Å². The number of sulfonamides is 1. The van der Waals surface area contributed by atoms with Gasteiger partial charge >= 0.3 is 0 Å². The first-order valence-corrected chi connectivity index (χ1v) is 9.60. The van der Waals surface area contributed by atoms with Gasteiger partial charge in [-0.2, -0.15) is 0 Å². The van der Waals surface area contributed by atoms with Crippen molar-refractivity contribution < 1.29 is 8.42 Å². The van der Waals surface area contributed by atoms with Crippen LogP contribution in [0.25, 0.3) is 12.2 Å². The fourth-order valence-corrected chi connectivity index (χ4v) is 3.92. The molecule has 3 rings (SSSR count). The Bertz CT molecular complexity index is 878. The highest BCUT2D eigenvalue weighted by atomic mass is 79.9. The van der Waals surface area contributed by atoms with Crippen LogP contribution in [0.5, 0.6) is 0 Å². The van der Waals surface area contributed by atoms with Crippen molar-refractivity contribution in [3.8, 4) is 0 Å². The molecule has 0 amide bonds. The standard InChI is InChI=1S/C16H13BrClNO2S/c1-22(20,21)19-10-13-4-5-14(17)8-11(13)2-3-12-9-15(18)6-7-16(12)19/h2-9H,10H2,1H3. The van der Waals surface area contributed by atoms with Gasteiger partial charge < -0.3 is 0 Å². The van der Waals surface area contributed by atoms with E-state index in [4.69, 9.17) is 11.6 Å². The number of hydrogen-bond donors (Lipinski definition) is 0. The van der Waals surface area contributed by atoms with E-state index in [0.717, 1.165) is 21.2 Å². The first-order valence-electron chi connectivity index (χ1n) is 6.58. The predicted octanol–water partition coefficient (Wildman–Crippen LogP) is 4.55. The van der Waals surface area contributed by atoms with Crippen molar-refractivity contribution in [2.24, 2.45) is 0 Å². The van der Waals surface area contributed by atoms with Crippen molar-refractivity contribution >= 4 is 55.4 Å². The average molecular weight is 399 g/mol. The highest BCUT2D eigenvalue weighted by Crippen LogP contribution is 2.33. The molecule has 22 heavy (non-hydrogen) atoms. The number of hydrogen-bond acceptors (Lipinski definition) is 2. The third-order valence-corrected chi connectivity index (χ3v) is 5.38. The molecule has 0 radical (unpaired) electrons. The number of anilines is 1. The van der Waals surface area contributed by atoms with Crippen LogP contribution in [0, 0.1) is 0 Å². The summed E-state index contributed by atoms with van der Waals surface area (Å²) in [6.07, 6.45) is 5.09. The van der Waals surface area contributed by atoms with Crippen LogP contribution in [0.15, 0.2) is 40.9 Å². The Morgan fingerprint density at radius 3 is 2.55 bits per heavy atom. The molecule has 0 bridgehead atoms. The van der Waals surface area contributed by atoms with Crippen LogP contribution >= 0.6 is 27.5 Å². The summed E-state index contributed by atoms with van der Waals surface area (Å²) in [5, 5.41) is 0.576. The van der Waals surface area contributed by atoms with Gasteiger partial charge in [-0.3, -0.25) is 4.31 Å². The molecule has 2 aromatic rings. The Hall–Kier alpha value is -1.30. The maximum absolute atomic E-state index is 12.2. The zero-order chi connectivity index (χ0) is 15.9. The lowest BCUT2D eigenvalue weighted by molar-refractivity contribution is 0.596. The molecule has 0 spiro atoms. The van der Waals surface area contributed by atoms with E-state index in [0.29, 0.717) is 17.3 Å². The highest BCUT2D eigenvalue weighted by molar-refractivity contribution is 9.10. The second-order valence-electron chi connectivity index (χ2n) is 5.15. The molecule has 1 aliphatic heterocycles. The molecule has 0 aromatic heterocycles. The SMILES string of the molecule is CS(=O)(=O)N1Cc2ccc(Br)cc2C=Cc2cc(Cl)ccc21. The number of nitrogens with zero attached hydrogens (tertiary/aromatic N) is 1. The average Bonchev–Trinajstić information content (AvgIpc) is 2.41. The Kier molecular flexibility index (Phi) is 4.05. The van der Waals surface area contributed by atoms with Gasteiger partial charge in [0.15, 0.2) is 0 Å². The zero-order valence-corrected chi connectivity index (χ0v) is 14.9. The monoisotopic (exact) mass is 397 g/mol. The Morgan fingerprint density at radius 2 is 1.82 bits per heavy atom. The molecule has 0 N–H and O–H groups in total. The van der Waals surface area contributed by atoms with E-state index in [-0.39, 0.29) is 0 Å². The van der Waals surface area contributed by atoms with Crippen molar-refractivity contribution in [1.82, 2.24) is 0 Å². The maximum atomic E-state index is 12.2. The summed E-state index contributed by atoms with van der Waals surface area (Å²) in [7, 11) is -3.40. The van der Waals surface area contributed by atoms with Crippen LogP contribution in [0.4, 0.5) is 5.69 Å². The van der Waals surface area contributed by atoms with Gasteiger partial charge in [-0.05, 0) is 41.5 Å². The molecule has 1 aliphatic rings. The third kappa shape index (κ3) is 3.07. The lowest BCUT2D eigenvalue weighted by atomic mass is 10.0. The van der Waals surface area contributed by atoms with Crippen molar-refractivity contribution in [3.63, 3.8) is 0 Å². The first-order chi connectivity index (χ1) is 10.3. The van der Waals surface area contributed by atoms with Gasteiger partial charge in [0.05, 0.1) is 18.5 Å². The summed E-state index contributed by atoms with van der Waals surface area (Å²) >= 11 is 9.50. The molecule has 6 heteroatoms. The molecule has 0 saturated carbocycles. The maximum Gasteiger partial charge on any atom is 0.232 e. The third-order valence-electron chi connectivity index (χ3n) is 3.52. The topological polar surface area (TPSA) is 37.4 Å². The van der Waals surface area contributed by atoms with Crippen LogP contribution in [0.1, 0.15) is 16.7 Å². The minimum atomic E-state index is -3.40. The largest absolute Gasteiger partial charge is 0.265 e. The number of benzene rings is 2. The molecule has 2 aromatic carbocycles. The van der Waals surface area contributed by atoms with Crippen LogP contribution in [-0.2, 0) is 16.6 Å². The minimum absolute atomic E-state index is 0.292. The Labute approximate surface area is 143 Å². The lowest BCUT2D eigenvalue weighted by Gasteiger charge is -2.26. The molecule has 0 atom stereocenters. The van der Waals surface area contributed by atoms with Gasteiger partial charge in [0, 0.05) is 15.1 Å². The molecular weight excluding hydrogens is 386 g/mol. The van der Waals surface area contributed by atoms with Gasteiger partial charge in [-0.1, -0.05) is 45.7 Å². The zero-order valence-electron chi connectivity index (χ0n) is 11.8. The van der Waals surface area contributed by atoms with E-state index in [1.165, 1.54) is 10.6 Å². The fourth-order valence-electron chi connectivity index (χ4n) is 2.47. The summed E-state index contributed by atoms with van der Waals surface area (Å²) in [6, 6.07) is 11.0. The summed E-state index contributed by atoms with van der Waals surface area (Å²) in [5.41, 5.74) is 3.35.